The van der Waals surface area contributed by atoms with Gasteiger partial charge < -0.3 is 14.8 Å². The number of benzene rings is 1. The molecule has 9 heteroatoms. The third-order valence-electron chi connectivity index (χ3n) is 3.32. The van der Waals surface area contributed by atoms with Crippen molar-refractivity contribution in [2.24, 2.45) is 0 Å². The van der Waals surface area contributed by atoms with Gasteiger partial charge in [-0.05, 0) is 40.5 Å². The van der Waals surface area contributed by atoms with E-state index >= 15 is 0 Å². The van der Waals surface area contributed by atoms with Crippen molar-refractivity contribution < 1.29 is 27.5 Å². The van der Waals surface area contributed by atoms with Crippen LogP contribution in [-0.2, 0) is 19.4 Å². The lowest BCUT2D eigenvalue weighted by atomic mass is 10.2. The van der Waals surface area contributed by atoms with Crippen LogP contribution in [0.5, 0.6) is 5.75 Å². The monoisotopic (exact) mass is 405 g/mol. The molecule has 0 saturated carbocycles. The maximum absolute atomic E-state index is 11.9. The molecule has 1 amide bonds. The Labute approximate surface area is 142 Å². The third kappa shape index (κ3) is 4.93. The van der Waals surface area contributed by atoms with Gasteiger partial charge in [0.15, 0.2) is 16.4 Å². The van der Waals surface area contributed by atoms with E-state index in [9.17, 15) is 18.0 Å². The number of methoxy groups -OCH3 is 1. The zero-order valence-electron chi connectivity index (χ0n) is 12.4. The van der Waals surface area contributed by atoms with Crippen LogP contribution in [0.1, 0.15) is 16.8 Å². The number of hydrogen-bond acceptors (Lipinski definition) is 6. The molecule has 1 N–H and O–H groups in total. The summed E-state index contributed by atoms with van der Waals surface area (Å²) in [5.74, 6) is -0.604. The molecular weight excluding hydrogens is 390 g/mol. The number of sulfone groups is 1. The van der Waals surface area contributed by atoms with E-state index in [1.165, 1.54) is 19.2 Å². The van der Waals surface area contributed by atoms with Gasteiger partial charge in [0, 0.05) is 6.04 Å². The third-order valence-corrected chi connectivity index (χ3v) is 5.71. The summed E-state index contributed by atoms with van der Waals surface area (Å²) in [7, 11) is -1.56. The average molecular weight is 406 g/mol. The number of carbonyl (C=O) groups excluding carboxylic acids is 2. The molecule has 1 aromatic rings. The molecule has 1 aromatic carbocycles. The molecule has 1 heterocycles. The van der Waals surface area contributed by atoms with Gasteiger partial charge in [0.1, 0.15) is 5.75 Å². The second-order valence-electron chi connectivity index (χ2n) is 5.09. The first-order chi connectivity index (χ1) is 10.8. The van der Waals surface area contributed by atoms with Crippen molar-refractivity contribution in [2.45, 2.75) is 12.5 Å². The summed E-state index contributed by atoms with van der Waals surface area (Å²) in [6, 6.07) is 4.24. The van der Waals surface area contributed by atoms with Gasteiger partial charge in [-0.2, -0.15) is 0 Å². The van der Waals surface area contributed by atoms with Gasteiger partial charge in [0.25, 0.3) is 5.91 Å². The highest BCUT2D eigenvalue weighted by Crippen LogP contribution is 2.25. The number of hydrogen-bond donors (Lipinski definition) is 1. The van der Waals surface area contributed by atoms with Crippen LogP contribution in [-0.4, -0.2) is 51.6 Å². The van der Waals surface area contributed by atoms with Gasteiger partial charge in [-0.15, -0.1) is 0 Å². The molecule has 0 spiro atoms. The Bertz CT molecular complexity index is 718. The Morgan fingerprint density at radius 2 is 2.13 bits per heavy atom. The molecule has 1 aliphatic heterocycles. The lowest BCUT2D eigenvalue weighted by molar-refractivity contribution is -0.124. The number of carbonyl (C=O) groups is 2. The highest BCUT2D eigenvalue weighted by Gasteiger charge is 2.29. The summed E-state index contributed by atoms with van der Waals surface area (Å²) < 4.78 is 33.2. The quantitative estimate of drug-likeness (QED) is 0.731. The molecule has 7 nitrogen and oxygen atoms in total. The van der Waals surface area contributed by atoms with Crippen LogP contribution < -0.4 is 10.1 Å². The number of rotatable bonds is 5. The lowest BCUT2D eigenvalue weighted by Crippen LogP contribution is -2.38. The topological polar surface area (TPSA) is 98.8 Å². The van der Waals surface area contributed by atoms with E-state index < -0.39 is 34.4 Å². The molecule has 126 valence electrons. The Balaban J connectivity index is 1.84. The van der Waals surface area contributed by atoms with E-state index in [-0.39, 0.29) is 17.1 Å². The SMILES string of the molecule is COc1ccc(C(=O)OCC(=O)N[C@@H]2CCS(=O)(=O)C2)cc1Br. The minimum absolute atomic E-state index is 0.0671. The first-order valence-corrected chi connectivity index (χ1v) is 9.42. The largest absolute Gasteiger partial charge is 0.496 e. The summed E-state index contributed by atoms with van der Waals surface area (Å²) >= 11 is 3.26. The number of nitrogens with one attached hydrogen (secondary N) is 1. The predicted octanol–water partition coefficient (Wildman–Crippen LogP) is 0.918. The fourth-order valence-corrected chi connectivity index (χ4v) is 4.40. The van der Waals surface area contributed by atoms with E-state index in [4.69, 9.17) is 9.47 Å². The summed E-state index contributed by atoms with van der Waals surface area (Å²) in [5.41, 5.74) is 0.272. The van der Waals surface area contributed by atoms with Crippen LogP contribution in [0.25, 0.3) is 0 Å². The number of ether oxygens (including phenoxy) is 2. The normalized spacial score (nSPS) is 19.1. The molecule has 0 aromatic heterocycles. The molecule has 1 fully saturated rings. The van der Waals surface area contributed by atoms with Crippen molar-refractivity contribution in [1.29, 1.82) is 0 Å². The molecule has 23 heavy (non-hydrogen) atoms. The van der Waals surface area contributed by atoms with Crippen LogP contribution in [0, 0.1) is 0 Å². The van der Waals surface area contributed by atoms with E-state index in [1.54, 1.807) is 6.07 Å². The second kappa shape index (κ2) is 7.31. The van der Waals surface area contributed by atoms with Crippen molar-refractivity contribution in [1.82, 2.24) is 5.32 Å². The van der Waals surface area contributed by atoms with Gasteiger partial charge >= 0.3 is 5.97 Å². The van der Waals surface area contributed by atoms with Crippen molar-refractivity contribution >= 4 is 37.6 Å². The van der Waals surface area contributed by atoms with Gasteiger partial charge in [-0.25, -0.2) is 13.2 Å². The average Bonchev–Trinajstić information content (AvgIpc) is 2.83. The van der Waals surface area contributed by atoms with Crippen LogP contribution >= 0.6 is 15.9 Å². The summed E-state index contributed by atoms with van der Waals surface area (Å²) in [4.78, 5) is 23.6. The van der Waals surface area contributed by atoms with Crippen LogP contribution in [0.4, 0.5) is 0 Å². The minimum Gasteiger partial charge on any atom is -0.496 e. The summed E-state index contributed by atoms with van der Waals surface area (Å²) in [6.45, 7) is -0.459. The zero-order valence-corrected chi connectivity index (χ0v) is 14.8. The second-order valence-corrected chi connectivity index (χ2v) is 8.18. The minimum atomic E-state index is -3.07. The molecule has 1 aliphatic rings. The van der Waals surface area contributed by atoms with Crippen LogP contribution in [0.15, 0.2) is 22.7 Å². The highest BCUT2D eigenvalue weighted by atomic mass is 79.9. The predicted molar refractivity (Wildman–Crippen MR) is 86.2 cm³/mol. The molecule has 0 aliphatic carbocycles. The van der Waals surface area contributed by atoms with Crippen LogP contribution in [0.3, 0.4) is 0 Å². The van der Waals surface area contributed by atoms with Gasteiger partial charge in [0.2, 0.25) is 0 Å². The van der Waals surface area contributed by atoms with Gasteiger partial charge in [-0.3, -0.25) is 4.79 Å². The zero-order chi connectivity index (χ0) is 17.0. The number of halogens is 1. The van der Waals surface area contributed by atoms with E-state index in [1.807, 2.05) is 0 Å². The Kier molecular flexibility index (Phi) is 5.64. The highest BCUT2D eigenvalue weighted by molar-refractivity contribution is 9.10. The van der Waals surface area contributed by atoms with Crippen molar-refractivity contribution in [3.05, 3.63) is 28.2 Å². The smallest absolute Gasteiger partial charge is 0.338 e. The Morgan fingerprint density at radius 1 is 1.39 bits per heavy atom. The van der Waals surface area contributed by atoms with Crippen molar-refractivity contribution in [3.8, 4) is 5.75 Å². The summed E-state index contributed by atoms with van der Waals surface area (Å²) in [6.07, 6.45) is 0.382. The first kappa shape index (κ1) is 17.7. The molecule has 0 unspecified atom stereocenters. The number of esters is 1. The van der Waals surface area contributed by atoms with Gasteiger partial charge in [0.05, 0.1) is 28.7 Å². The van der Waals surface area contributed by atoms with Gasteiger partial charge in [-0.1, -0.05) is 0 Å². The maximum Gasteiger partial charge on any atom is 0.338 e. The van der Waals surface area contributed by atoms with E-state index in [0.717, 1.165) is 0 Å². The lowest BCUT2D eigenvalue weighted by Gasteiger charge is -2.11. The molecule has 1 saturated heterocycles. The van der Waals surface area contributed by atoms with Crippen molar-refractivity contribution in [2.75, 3.05) is 25.2 Å². The fourth-order valence-electron chi connectivity index (χ4n) is 2.19. The van der Waals surface area contributed by atoms with Crippen LogP contribution in [0.2, 0.25) is 0 Å². The summed E-state index contributed by atoms with van der Waals surface area (Å²) in [5, 5.41) is 2.55. The standard InChI is InChI=1S/C14H16BrNO6S/c1-21-12-3-2-9(6-11(12)15)14(18)22-7-13(17)16-10-4-5-23(19,20)8-10/h2-3,6,10H,4-5,7-8H2,1H3,(H,16,17)/t10-/m1/s1. The first-order valence-electron chi connectivity index (χ1n) is 6.81. The van der Waals surface area contributed by atoms with Crippen molar-refractivity contribution in [3.63, 3.8) is 0 Å². The Hall–Kier alpha value is -1.61. The fraction of sp³-hybridized carbons (Fsp3) is 0.429. The van der Waals surface area contributed by atoms with E-state index in [2.05, 4.69) is 21.2 Å². The molecule has 0 radical (unpaired) electrons. The number of amides is 1. The Morgan fingerprint density at radius 3 is 2.70 bits per heavy atom. The van der Waals surface area contributed by atoms with E-state index in [0.29, 0.717) is 16.6 Å². The molecule has 0 bridgehead atoms. The molecular formula is C14H16BrNO6S. The maximum atomic E-state index is 11.9. The molecule has 1 atom stereocenters. The molecule has 2 rings (SSSR count).